The molecule has 0 N–H and O–H groups in total. The largest absolute Gasteiger partial charge is 0.466 e. The second-order valence-corrected chi connectivity index (χ2v) is 3.36. The number of ether oxygens (including phenoxy) is 1. The number of benzene rings is 1. The second kappa shape index (κ2) is 6.05. The monoisotopic (exact) mass is 256 g/mol. The summed E-state index contributed by atoms with van der Waals surface area (Å²) >= 11 is 0. The first-order valence-electron chi connectivity index (χ1n) is 5.03. The number of alkyl halides is 3. The van der Waals surface area contributed by atoms with Crippen molar-refractivity contribution in [2.75, 3.05) is 7.11 Å². The zero-order valence-electron chi connectivity index (χ0n) is 9.57. The molecule has 0 aromatic heterocycles. The first-order valence-corrected chi connectivity index (χ1v) is 5.03. The van der Waals surface area contributed by atoms with Crippen LogP contribution in [0.25, 0.3) is 6.08 Å². The number of rotatable bonds is 3. The summed E-state index contributed by atoms with van der Waals surface area (Å²) in [6.45, 7) is 0. The molecule has 0 aliphatic carbocycles. The number of esters is 1. The van der Waals surface area contributed by atoms with Crippen LogP contribution in [-0.2, 0) is 15.7 Å². The molecule has 0 unspecified atom stereocenters. The Morgan fingerprint density at radius 3 is 2.28 bits per heavy atom. The van der Waals surface area contributed by atoms with Crippen LogP contribution in [0.5, 0.6) is 0 Å². The van der Waals surface area contributed by atoms with Gasteiger partial charge in [0.25, 0.3) is 0 Å². The third-order valence-corrected chi connectivity index (χ3v) is 2.07. The summed E-state index contributed by atoms with van der Waals surface area (Å²) in [7, 11) is 1.26. The molecular weight excluding hydrogens is 245 g/mol. The fraction of sp³-hybridized carbons (Fsp3) is 0.154. The Kier molecular flexibility index (Phi) is 4.71. The molecule has 0 fully saturated rings. The minimum atomic E-state index is -4.33. The van der Waals surface area contributed by atoms with Crippen LogP contribution >= 0.6 is 0 Å². The molecule has 0 saturated heterocycles. The summed E-state index contributed by atoms with van der Waals surface area (Å²) in [5, 5.41) is 0. The topological polar surface area (TPSA) is 26.3 Å². The molecule has 1 aromatic rings. The lowest BCUT2D eigenvalue weighted by atomic mass is 10.1. The third-order valence-electron chi connectivity index (χ3n) is 2.07. The highest BCUT2D eigenvalue weighted by Gasteiger charge is 2.29. The van der Waals surface area contributed by atoms with Crippen LogP contribution in [0.2, 0.25) is 0 Å². The highest BCUT2D eigenvalue weighted by Crippen LogP contribution is 2.29. The van der Waals surface area contributed by atoms with Crippen molar-refractivity contribution < 1.29 is 22.7 Å². The van der Waals surface area contributed by atoms with E-state index in [1.807, 2.05) is 0 Å². The van der Waals surface area contributed by atoms with E-state index in [4.69, 9.17) is 0 Å². The highest BCUT2D eigenvalue weighted by molar-refractivity contribution is 5.82. The maximum Gasteiger partial charge on any atom is 0.416 e. The van der Waals surface area contributed by atoms with Gasteiger partial charge in [-0.3, -0.25) is 0 Å². The van der Waals surface area contributed by atoms with E-state index in [1.165, 1.54) is 31.4 Å². The Morgan fingerprint density at radius 1 is 1.17 bits per heavy atom. The van der Waals surface area contributed by atoms with E-state index >= 15 is 0 Å². The number of carbonyl (C=O) groups is 1. The average Bonchev–Trinajstić information content (AvgIpc) is 2.33. The smallest absolute Gasteiger partial charge is 0.416 e. The van der Waals surface area contributed by atoms with Gasteiger partial charge in [-0.2, -0.15) is 13.2 Å². The summed E-state index contributed by atoms with van der Waals surface area (Å²) in [6, 6.07) is 4.71. The maximum atomic E-state index is 12.3. The second-order valence-electron chi connectivity index (χ2n) is 3.36. The fourth-order valence-electron chi connectivity index (χ4n) is 1.15. The number of carbonyl (C=O) groups excluding carboxylic acids is 1. The van der Waals surface area contributed by atoms with Gasteiger partial charge < -0.3 is 4.74 Å². The molecule has 5 heteroatoms. The van der Waals surface area contributed by atoms with Crippen molar-refractivity contribution in [1.29, 1.82) is 0 Å². The van der Waals surface area contributed by atoms with E-state index in [0.717, 1.165) is 12.1 Å². The van der Waals surface area contributed by atoms with Gasteiger partial charge in [-0.25, -0.2) is 4.79 Å². The Labute approximate surface area is 102 Å². The zero-order chi connectivity index (χ0) is 13.6. The van der Waals surface area contributed by atoms with Crippen molar-refractivity contribution in [2.45, 2.75) is 6.18 Å². The first-order chi connectivity index (χ1) is 8.43. The minimum absolute atomic E-state index is 0.493. The summed E-state index contributed by atoms with van der Waals surface area (Å²) < 4.78 is 41.2. The molecule has 1 rings (SSSR count). The maximum absolute atomic E-state index is 12.3. The van der Waals surface area contributed by atoms with Gasteiger partial charge in [-0.05, 0) is 17.7 Å². The van der Waals surface area contributed by atoms with Gasteiger partial charge >= 0.3 is 12.1 Å². The van der Waals surface area contributed by atoms with Crippen molar-refractivity contribution in [2.24, 2.45) is 0 Å². The van der Waals surface area contributed by atoms with Crippen LogP contribution < -0.4 is 0 Å². The molecule has 1 aromatic carbocycles. The number of methoxy groups -OCH3 is 1. The molecular formula is C13H11F3O2. The molecule has 18 heavy (non-hydrogen) atoms. The number of allylic oxidation sites excluding steroid dienone is 2. The standard InChI is InChI=1S/C13H11F3O2/c1-18-12(17)5-3-2-4-10-6-8-11(9-7-10)13(14,15)16/h2-9H,1H3/b4-2+,5-3-. The predicted molar refractivity (Wildman–Crippen MR) is 61.6 cm³/mol. The quantitative estimate of drug-likeness (QED) is 0.470. The molecule has 0 radical (unpaired) electrons. The summed E-state index contributed by atoms with van der Waals surface area (Å²) in [5.74, 6) is -0.493. The van der Waals surface area contributed by atoms with Gasteiger partial charge in [0, 0.05) is 6.08 Å². The van der Waals surface area contributed by atoms with E-state index in [9.17, 15) is 18.0 Å². The SMILES string of the molecule is COC(=O)/C=C\C=C\c1ccc(C(F)(F)F)cc1. The Bertz CT molecular complexity index is 456. The summed E-state index contributed by atoms with van der Waals surface area (Å²) in [5.41, 5.74) is -0.0812. The number of hydrogen-bond acceptors (Lipinski definition) is 2. The van der Waals surface area contributed by atoms with Gasteiger partial charge in [0.15, 0.2) is 0 Å². The van der Waals surface area contributed by atoms with E-state index in [-0.39, 0.29) is 0 Å². The molecule has 0 aliphatic rings. The zero-order valence-corrected chi connectivity index (χ0v) is 9.57. The summed E-state index contributed by atoms with van der Waals surface area (Å²) in [6.07, 6.45) is 1.45. The van der Waals surface area contributed by atoms with E-state index < -0.39 is 17.7 Å². The minimum Gasteiger partial charge on any atom is -0.466 e. The highest BCUT2D eigenvalue weighted by atomic mass is 19.4. The van der Waals surface area contributed by atoms with E-state index in [1.54, 1.807) is 12.2 Å². The summed E-state index contributed by atoms with van der Waals surface area (Å²) in [4.78, 5) is 10.7. The molecule has 0 amide bonds. The lowest BCUT2D eigenvalue weighted by Crippen LogP contribution is -2.03. The van der Waals surface area contributed by atoms with Crippen LogP contribution in [0.1, 0.15) is 11.1 Å². The molecule has 0 spiro atoms. The third kappa shape index (κ3) is 4.45. The van der Waals surface area contributed by atoms with Crippen molar-refractivity contribution in [1.82, 2.24) is 0 Å². The van der Waals surface area contributed by atoms with Crippen LogP contribution in [0.4, 0.5) is 13.2 Å². The van der Waals surface area contributed by atoms with Crippen LogP contribution in [0.15, 0.2) is 42.5 Å². The van der Waals surface area contributed by atoms with Crippen LogP contribution in [-0.4, -0.2) is 13.1 Å². The van der Waals surface area contributed by atoms with Gasteiger partial charge in [0.1, 0.15) is 0 Å². The normalized spacial score (nSPS) is 12.2. The van der Waals surface area contributed by atoms with Gasteiger partial charge in [0.05, 0.1) is 12.7 Å². The lowest BCUT2D eigenvalue weighted by molar-refractivity contribution is -0.137. The molecule has 2 nitrogen and oxygen atoms in total. The van der Waals surface area contributed by atoms with Gasteiger partial charge in [0.2, 0.25) is 0 Å². The molecule has 0 saturated carbocycles. The Hall–Kier alpha value is -2.04. The number of halogens is 3. The average molecular weight is 256 g/mol. The van der Waals surface area contributed by atoms with Crippen molar-refractivity contribution in [3.8, 4) is 0 Å². The van der Waals surface area contributed by atoms with Crippen molar-refractivity contribution in [3.63, 3.8) is 0 Å². The number of hydrogen-bond donors (Lipinski definition) is 0. The predicted octanol–water partition coefficient (Wildman–Crippen LogP) is 3.45. The lowest BCUT2D eigenvalue weighted by Gasteiger charge is -2.05. The molecule has 0 heterocycles. The van der Waals surface area contributed by atoms with Crippen molar-refractivity contribution >= 4 is 12.0 Å². The molecule has 0 bridgehead atoms. The Balaban J connectivity index is 2.67. The van der Waals surface area contributed by atoms with E-state index in [0.29, 0.717) is 5.56 Å². The van der Waals surface area contributed by atoms with Crippen LogP contribution in [0, 0.1) is 0 Å². The fourth-order valence-corrected chi connectivity index (χ4v) is 1.15. The van der Waals surface area contributed by atoms with Crippen LogP contribution in [0.3, 0.4) is 0 Å². The molecule has 0 atom stereocenters. The van der Waals surface area contributed by atoms with Crippen molar-refractivity contribution in [3.05, 3.63) is 53.6 Å². The first kappa shape index (κ1) is 14.0. The molecule has 96 valence electrons. The van der Waals surface area contributed by atoms with Gasteiger partial charge in [-0.15, -0.1) is 0 Å². The Morgan fingerprint density at radius 2 is 1.78 bits per heavy atom. The van der Waals surface area contributed by atoms with E-state index in [2.05, 4.69) is 4.74 Å². The molecule has 0 aliphatic heterocycles. The van der Waals surface area contributed by atoms with Gasteiger partial charge in [-0.1, -0.05) is 30.4 Å².